The molecule has 2 aliphatic rings. The molecule has 1 aromatic rings. The van der Waals surface area contributed by atoms with Gasteiger partial charge < -0.3 is 9.72 Å². The van der Waals surface area contributed by atoms with Gasteiger partial charge in [0.2, 0.25) is 0 Å². The lowest BCUT2D eigenvalue weighted by Gasteiger charge is -2.30. The summed E-state index contributed by atoms with van der Waals surface area (Å²) in [7, 11) is 0. The van der Waals surface area contributed by atoms with Crippen LogP contribution in [0.2, 0.25) is 0 Å². The monoisotopic (exact) mass is 359 g/mol. The fourth-order valence-corrected chi connectivity index (χ4v) is 4.83. The van der Waals surface area contributed by atoms with Crippen molar-refractivity contribution in [1.29, 1.82) is 0 Å². The Kier molecular flexibility index (Phi) is 6.83. The van der Waals surface area contributed by atoms with Gasteiger partial charge in [-0.2, -0.15) is 0 Å². The summed E-state index contributed by atoms with van der Waals surface area (Å²) < 4.78 is 6.45. The van der Waals surface area contributed by atoms with Crippen LogP contribution in [-0.4, -0.2) is 11.1 Å². The SMILES string of the molecule is CC(C)c1c(OC2CCCCC2C)cc(CCC2CCCCC2)[nH]c1=O. The van der Waals surface area contributed by atoms with E-state index in [2.05, 4.69) is 31.8 Å². The van der Waals surface area contributed by atoms with E-state index in [0.717, 1.165) is 35.8 Å². The van der Waals surface area contributed by atoms with Crippen LogP contribution in [0.5, 0.6) is 5.75 Å². The van der Waals surface area contributed by atoms with Crippen LogP contribution < -0.4 is 10.3 Å². The van der Waals surface area contributed by atoms with Crippen molar-refractivity contribution in [2.75, 3.05) is 0 Å². The first-order valence-corrected chi connectivity index (χ1v) is 11.0. The Hall–Kier alpha value is -1.25. The molecule has 3 rings (SSSR count). The minimum absolute atomic E-state index is 0.0552. The quantitative estimate of drug-likeness (QED) is 0.680. The lowest BCUT2D eigenvalue weighted by atomic mass is 9.85. The lowest BCUT2D eigenvalue weighted by molar-refractivity contribution is 0.101. The molecule has 0 spiro atoms. The third-order valence-corrected chi connectivity index (χ3v) is 6.52. The molecule has 3 nitrogen and oxygen atoms in total. The summed E-state index contributed by atoms with van der Waals surface area (Å²) in [4.78, 5) is 15.9. The number of pyridine rings is 1. The Balaban J connectivity index is 1.76. The first kappa shape index (κ1) is 19.5. The molecule has 1 heterocycles. The highest BCUT2D eigenvalue weighted by Gasteiger charge is 2.25. The fraction of sp³-hybridized carbons (Fsp3) is 0.783. The van der Waals surface area contributed by atoms with Crippen molar-refractivity contribution in [1.82, 2.24) is 4.98 Å². The number of rotatable bonds is 6. The predicted octanol–water partition coefficient (Wildman–Crippen LogP) is 5.97. The Morgan fingerprint density at radius 1 is 1.08 bits per heavy atom. The summed E-state index contributed by atoms with van der Waals surface area (Å²) in [5.74, 6) is 2.44. The number of aromatic nitrogens is 1. The van der Waals surface area contributed by atoms with Crippen LogP contribution in [0.1, 0.15) is 102 Å². The van der Waals surface area contributed by atoms with Crippen LogP contribution in [0.25, 0.3) is 0 Å². The van der Waals surface area contributed by atoms with Gasteiger partial charge >= 0.3 is 0 Å². The van der Waals surface area contributed by atoms with E-state index in [0.29, 0.717) is 5.92 Å². The van der Waals surface area contributed by atoms with Gasteiger partial charge in [-0.25, -0.2) is 0 Å². The van der Waals surface area contributed by atoms with E-state index >= 15 is 0 Å². The zero-order chi connectivity index (χ0) is 18.5. The topological polar surface area (TPSA) is 42.1 Å². The smallest absolute Gasteiger partial charge is 0.255 e. The fourth-order valence-electron chi connectivity index (χ4n) is 4.83. The minimum Gasteiger partial charge on any atom is -0.490 e. The molecule has 0 amide bonds. The molecule has 0 aliphatic heterocycles. The normalized spacial score (nSPS) is 24.8. The molecule has 2 unspecified atom stereocenters. The summed E-state index contributed by atoms with van der Waals surface area (Å²) >= 11 is 0. The average Bonchev–Trinajstić information content (AvgIpc) is 2.62. The Morgan fingerprint density at radius 2 is 1.77 bits per heavy atom. The molecule has 0 radical (unpaired) electrons. The van der Waals surface area contributed by atoms with Gasteiger partial charge in [0.15, 0.2) is 0 Å². The molecule has 0 saturated heterocycles. The zero-order valence-corrected chi connectivity index (χ0v) is 17.0. The van der Waals surface area contributed by atoms with Gasteiger partial charge in [-0.3, -0.25) is 4.79 Å². The van der Waals surface area contributed by atoms with Gasteiger partial charge in [-0.05, 0) is 49.9 Å². The van der Waals surface area contributed by atoms with E-state index in [1.807, 2.05) is 0 Å². The van der Waals surface area contributed by atoms with Crippen LogP contribution in [0, 0.1) is 11.8 Å². The third kappa shape index (κ3) is 4.92. The van der Waals surface area contributed by atoms with Crippen LogP contribution in [-0.2, 0) is 6.42 Å². The van der Waals surface area contributed by atoms with Crippen molar-refractivity contribution >= 4 is 0 Å². The second-order valence-electron chi connectivity index (χ2n) is 9.02. The van der Waals surface area contributed by atoms with Crippen molar-refractivity contribution in [3.63, 3.8) is 0 Å². The maximum atomic E-state index is 12.7. The molecular formula is C23H37NO2. The Labute approximate surface area is 158 Å². The molecule has 3 heteroatoms. The molecular weight excluding hydrogens is 322 g/mol. The number of hydrogen-bond donors (Lipinski definition) is 1. The van der Waals surface area contributed by atoms with Gasteiger partial charge in [0.25, 0.3) is 5.56 Å². The van der Waals surface area contributed by atoms with Gasteiger partial charge in [0.05, 0.1) is 5.56 Å². The summed E-state index contributed by atoms with van der Waals surface area (Å²) in [6, 6.07) is 2.14. The lowest BCUT2D eigenvalue weighted by Crippen LogP contribution is -2.30. The molecule has 0 aromatic carbocycles. The van der Waals surface area contributed by atoms with E-state index in [1.165, 1.54) is 57.8 Å². The van der Waals surface area contributed by atoms with Crippen LogP contribution >= 0.6 is 0 Å². The maximum absolute atomic E-state index is 12.7. The third-order valence-electron chi connectivity index (χ3n) is 6.52. The number of ether oxygens (including phenoxy) is 1. The van der Waals surface area contributed by atoms with Gasteiger partial charge in [-0.15, -0.1) is 0 Å². The number of nitrogens with one attached hydrogen (secondary N) is 1. The van der Waals surface area contributed by atoms with E-state index in [1.54, 1.807) is 0 Å². The Morgan fingerprint density at radius 3 is 2.46 bits per heavy atom. The second kappa shape index (κ2) is 9.10. The van der Waals surface area contributed by atoms with Crippen molar-refractivity contribution in [2.24, 2.45) is 11.8 Å². The van der Waals surface area contributed by atoms with E-state index in [4.69, 9.17) is 4.74 Å². The molecule has 1 N–H and O–H groups in total. The highest BCUT2D eigenvalue weighted by atomic mass is 16.5. The molecule has 2 aliphatic carbocycles. The standard InChI is InChI=1S/C23H37NO2/c1-16(2)22-21(26-20-12-8-7-9-17(20)3)15-19(24-23(22)25)14-13-18-10-5-4-6-11-18/h15-18,20H,4-14H2,1-3H3,(H,24,25). The van der Waals surface area contributed by atoms with Crippen LogP contribution in [0.3, 0.4) is 0 Å². The highest BCUT2D eigenvalue weighted by molar-refractivity contribution is 5.36. The van der Waals surface area contributed by atoms with Crippen LogP contribution in [0.4, 0.5) is 0 Å². The van der Waals surface area contributed by atoms with Gasteiger partial charge in [-0.1, -0.05) is 59.3 Å². The summed E-state index contributed by atoms with van der Waals surface area (Å²) in [5, 5.41) is 0. The maximum Gasteiger partial charge on any atom is 0.255 e. The number of H-pyrrole nitrogens is 1. The van der Waals surface area contributed by atoms with Crippen LogP contribution in [0.15, 0.2) is 10.9 Å². The van der Waals surface area contributed by atoms with Crippen molar-refractivity contribution in [3.8, 4) is 5.75 Å². The highest BCUT2D eigenvalue weighted by Crippen LogP contribution is 2.32. The Bertz CT molecular complexity index is 628. The van der Waals surface area contributed by atoms with E-state index < -0.39 is 0 Å². The zero-order valence-electron chi connectivity index (χ0n) is 17.0. The molecule has 0 bridgehead atoms. The minimum atomic E-state index is 0.0552. The van der Waals surface area contributed by atoms with Crippen molar-refractivity contribution < 1.29 is 4.74 Å². The molecule has 146 valence electrons. The summed E-state index contributed by atoms with van der Waals surface area (Å²) in [5.41, 5.74) is 1.94. The van der Waals surface area contributed by atoms with E-state index in [-0.39, 0.29) is 17.6 Å². The first-order chi connectivity index (χ1) is 12.5. The molecule has 2 saturated carbocycles. The first-order valence-electron chi connectivity index (χ1n) is 11.0. The number of aromatic amines is 1. The molecule has 1 aromatic heterocycles. The summed E-state index contributed by atoms with van der Waals surface area (Å²) in [6.45, 7) is 6.46. The largest absolute Gasteiger partial charge is 0.490 e. The average molecular weight is 360 g/mol. The van der Waals surface area contributed by atoms with Crippen molar-refractivity contribution in [2.45, 2.75) is 103 Å². The van der Waals surface area contributed by atoms with Gasteiger partial charge in [0, 0.05) is 11.8 Å². The van der Waals surface area contributed by atoms with E-state index in [9.17, 15) is 4.79 Å². The van der Waals surface area contributed by atoms with Gasteiger partial charge in [0.1, 0.15) is 11.9 Å². The molecule has 2 atom stereocenters. The second-order valence-corrected chi connectivity index (χ2v) is 9.02. The number of hydrogen-bond acceptors (Lipinski definition) is 2. The molecule has 26 heavy (non-hydrogen) atoms. The number of aryl methyl sites for hydroxylation is 1. The molecule has 2 fully saturated rings. The predicted molar refractivity (Wildman–Crippen MR) is 108 cm³/mol. The summed E-state index contributed by atoms with van der Waals surface area (Å²) in [6.07, 6.45) is 14.2. The van der Waals surface area contributed by atoms with Crippen molar-refractivity contribution in [3.05, 3.63) is 27.7 Å².